The lowest BCUT2D eigenvalue weighted by molar-refractivity contribution is 0.463. The van der Waals surface area contributed by atoms with Crippen molar-refractivity contribution in [3.8, 4) is 5.75 Å². The maximum Gasteiger partial charge on any atom is 0.172 e. The Balaban J connectivity index is 2.96. The smallest absolute Gasteiger partial charge is 0.172 e. The Kier molecular flexibility index (Phi) is 4.28. The van der Waals surface area contributed by atoms with Crippen LogP contribution in [0.2, 0.25) is 0 Å². The van der Waals surface area contributed by atoms with Crippen molar-refractivity contribution in [2.45, 2.75) is 40.7 Å². The summed E-state index contributed by atoms with van der Waals surface area (Å²) in [6, 6.07) is 0.273. The highest BCUT2D eigenvalue weighted by Crippen LogP contribution is 2.27. The molecule has 0 fully saturated rings. The van der Waals surface area contributed by atoms with Crippen LogP contribution in [0.25, 0.3) is 0 Å². The summed E-state index contributed by atoms with van der Waals surface area (Å²) in [5.41, 5.74) is 2.33. The van der Waals surface area contributed by atoms with E-state index in [1.54, 1.807) is 6.92 Å². The molecule has 0 bridgehead atoms. The molecule has 0 aliphatic rings. The molecule has 94 valence electrons. The zero-order chi connectivity index (χ0) is 13.2. The lowest BCUT2D eigenvalue weighted by Gasteiger charge is -2.16. The van der Waals surface area contributed by atoms with Crippen molar-refractivity contribution in [2.24, 2.45) is 0 Å². The van der Waals surface area contributed by atoms with Crippen molar-refractivity contribution in [2.75, 3.05) is 5.32 Å². The monoisotopic (exact) mass is 253 g/mol. The molecule has 3 N–H and O–H groups in total. The van der Waals surface area contributed by atoms with Crippen LogP contribution in [0.1, 0.15) is 30.7 Å². The number of aryl methyl sites for hydroxylation is 1. The van der Waals surface area contributed by atoms with Gasteiger partial charge in [0.05, 0.1) is 5.69 Å². The van der Waals surface area contributed by atoms with Crippen LogP contribution in [0.15, 0.2) is 0 Å². The van der Waals surface area contributed by atoms with E-state index in [0.717, 1.165) is 11.1 Å². The summed E-state index contributed by atoms with van der Waals surface area (Å²) in [6.07, 6.45) is 0. The Bertz CT molecular complexity index is 444. The summed E-state index contributed by atoms with van der Waals surface area (Å²) in [6.45, 7) is 9.57. The van der Waals surface area contributed by atoms with Crippen molar-refractivity contribution >= 4 is 23.1 Å². The van der Waals surface area contributed by atoms with Gasteiger partial charge in [-0.1, -0.05) is 0 Å². The second-order valence-electron chi connectivity index (χ2n) is 4.40. The van der Waals surface area contributed by atoms with Gasteiger partial charge in [0.25, 0.3) is 0 Å². The Morgan fingerprint density at radius 3 is 2.35 bits per heavy atom. The molecule has 0 aromatic carbocycles. The highest BCUT2D eigenvalue weighted by Gasteiger charge is 2.11. The first kappa shape index (κ1) is 13.7. The Morgan fingerprint density at radius 2 is 1.82 bits per heavy atom. The lowest BCUT2D eigenvalue weighted by atomic mass is 10.1. The molecule has 0 aliphatic heterocycles. The van der Waals surface area contributed by atoms with Gasteiger partial charge in [0, 0.05) is 6.04 Å². The molecule has 0 amide bonds. The highest BCUT2D eigenvalue weighted by molar-refractivity contribution is 7.80. The minimum absolute atomic E-state index is 0.246. The molecule has 1 heterocycles. The minimum Gasteiger partial charge on any atom is -0.506 e. The predicted molar refractivity (Wildman–Crippen MR) is 74.6 cm³/mol. The van der Waals surface area contributed by atoms with E-state index in [-0.39, 0.29) is 11.8 Å². The van der Waals surface area contributed by atoms with E-state index < -0.39 is 0 Å². The third-order valence-electron chi connectivity index (χ3n) is 2.55. The molecule has 0 saturated carbocycles. The maximum atomic E-state index is 9.75. The highest BCUT2D eigenvalue weighted by atomic mass is 32.1. The zero-order valence-corrected chi connectivity index (χ0v) is 11.7. The van der Waals surface area contributed by atoms with E-state index in [1.165, 1.54) is 0 Å². The van der Waals surface area contributed by atoms with Crippen LogP contribution in [-0.2, 0) is 0 Å². The normalized spacial score (nSPS) is 10.5. The first-order valence-corrected chi connectivity index (χ1v) is 5.98. The fourth-order valence-corrected chi connectivity index (χ4v) is 1.79. The maximum absolute atomic E-state index is 9.75. The van der Waals surface area contributed by atoms with E-state index in [2.05, 4.69) is 15.6 Å². The number of aromatic nitrogens is 1. The van der Waals surface area contributed by atoms with E-state index in [1.807, 2.05) is 27.7 Å². The number of thiocarbonyl (C=S) groups is 1. The zero-order valence-electron chi connectivity index (χ0n) is 10.9. The largest absolute Gasteiger partial charge is 0.506 e. The van der Waals surface area contributed by atoms with Crippen LogP contribution in [0.5, 0.6) is 5.75 Å². The summed E-state index contributed by atoms with van der Waals surface area (Å²) in [5.74, 6) is 0.937. The molecule has 0 atom stereocenters. The van der Waals surface area contributed by atoms with Gasteiger partial charge in [-0.2, -0.15) is 0 Å². The Morgan fingerprint density at radius 1 is 1.24 bits per heavy atom. The molecule has 1 aromatic heterocycles. The van der Waals surface area contributed by atoms with E-state index >= 15 is 0 Å². The number of nitrogens with one attached hydrogen (secondary N) is 2. The fourth-order valence-electron chi connectivity index (χ4n) is 1.46. The molecule has 5 heteroatoms. The van der Waals surface area contributed by atoms with Crippen LogP contribution in [0.3, 0.4) is 0 Å². The second kappa shape index (κ2) is 5.31. The average Bonchev–Trinajstić information content (AvgIpc) is 2.21. The molecule has 4 nitrogen and oxygen atoms in total. The molecule has 0 unspecified atom stereocenters. The van der Waals surface area contributed by atoms with Gasteiger partial charge in [0.15, 0.2) is 5.11 Å². The molecular weight excluding hydrogens is 234 g/mol. The van der Waals surface area contributed by atoms with Crippen molar-refractivity contribution in [3.05, 3.63) is 16.8 Å². The van der Waals surface area contributed by atoms with Gasteiger partial charge < -0.3 is 15.7 Å². The van der Waals surface area contributed by atoms with Crippen LogP contribution >= 0.6 is 12.2 Å². The van der Waals surface area contributed by atoms with Crippen molar-refractivity contribution < 1.29 is 5.11 Å². The van der Waals surface area contributed by atoms with E-state index in [9.17, 15) is 5.11 Å². The minimum atomic E-state index is 0.246. The first-order chi connectivity index (χ1) is 7.82. The first-order valence-electron chi connectivity index (χ1n) is 5.57. The van der Waals surface area contributed by atoms with Crippen molar-refractivity contribution in [1.82, 2.24) is 10.3 Å². The van der Waals surface area contributed by atoms with Gasteiger partial charge in [0.1, 0.15) is 11.6 Å². The fraction of sp³-hybridized carbons (Fsp3) is 0.500. The third-order valence-corrected chi connectivity index (χ3v) is 2.77. The summed E-state index contributed by atoms with van der Waals surface area (Å²) in [7, 11) is 0. The average molecular weight is 253 g/mol. The molecular formula is C12H19N3OS. The molecule has 1 rings (SSSR count). The number of aromatic hydroxyl groups is 1. The number of anilines is 1. The number of hydrogen-bond acceptors (Lipinski definition) is 3. The molecule has 0 radical (unpaired) electrons. The molecule has 0 spiro atoms. The van der Waals surface area contributed by atoms with Crippen LogP contribution < -0.4 is 10.6 Å². The van der Waals surface area contributed by atoms with Gasteiger partial charge in [-0.15, -0.1) is 0 Å². The van der Waals surface area contributed by atoms with Gasteiger partial charge in [0.2, 0.25) is 0 Å². The Labute approximate surface area is 107 Å². The van der Waals surface area contributed by atoms with Gasteiger partial charge in [-0.3, -0.25) is 0 Å². The summed E-state index contributed by atoms with van der Waals surface area (Å²) >= 11 is 5.17. The van der Waals surface area contributed by atoms with Gasteiger partial charge in [-0.05, 0) is 58.0 Å². The predicted octanol–water partition coefficient (Wildman–Crippen LogP) is 2.41. The van der Waals surface area contributed by atoms with Crippen LogP contribution in [0, 0.1) is 20.8 Å². The summed E-state index contributed by atoms with van der Waals surface area (Å²) in [4.78, 5) is 4.29. The number of nitrogens with zero attached hydrogens (tertiary/aromatic N) is 1. The van der Waals surface area contributed by atoms with Crippen LogP contribution in [-0.4, -0.2) is 21.2 Å². The van der Waals surface area contributed by atoms with Crippen molar-refractivity contribution in [3.63, 3.8) is 0 Å². The second-order valence-corrected chi connectivity index (χ2v) is 4.81. The lowest BCUT2D eigenvalue weighted by Crippen LogP contribution is -2.34. The van der Waals surface area contributed by atoms with Crippen LogP contribution in [0.4, 0.5) is 5.82 Å². The number of pyridine rings is 1. The van der Waals surface area contributed by atoms with Crippen molar-refractivity contribution in [1.29, 1.82) is 0 Å². The summed E-state index contributed by atoms with van der Waals surface area (Å²) < 4.78 is 0. The SMILES string of the molecule is Cc1nc(NC(=S)NC(C)C)c(C)c(C)c1O. The quantitative estimate of drug-likeness (QED) is 0.707. The standard InChI is InChI=1S/C12H19N3OS/c1-6(2)13-12(17)15-11-8(4)7(3)10(16)9(5)14-11/h6,16H,1-5H3,(H2,13,14,15,17). The third kappa shape index (κ3) is 3.30. The van der Waals surface area contributed by atoms with E-state index in [4.69, 9.17) is 12.2 Å². The molecule has 0 aliphatic carbocycles. The molecule has 1 aromatic rings. The number of hydrogen-bond donors (Lipinski definition) is 3. The topological polar surface area (TPSA) is 57.2 Å². The van der Waals surface area contributed by atoms with Gasteiger partial charge >= 0.3 is 0 Å². The molecule has 0 saturated heterocycles. The molecule has 17 heavy (non-hydrogen) atoms. The van der Waals surface area contributed by atoms with E-state index in [0.29, 0.717) is 16.6 Å². The van der Waals surface area contributed by atoms with Gasteiger partial charge in [-0.25, -0.2) is 4.98 Å². The summed E-state index contributed by atoms with van der Waals surface area (Å²) in [5, 5.41) is 16.4. The Hall–Kier alpha value is -1.36. The number of rotatable bonds is 2.